The SMILES string of the molecule is CCOc1cc(/C=N\NCc2ccc(OC)c(OC)c2)cc(Br)c1OCc1cccc(Cl)c1. The average molecular weight is 534 g/mol. The van der Waals surface area contributed by atoms with Crippen LogP contribution in [0.4, 0.5) is 0 Å². The Kier molecular flexibility index (Phi) is 9.27. The topological polar surface area (TPSA) is 61.3 Å². The number of benzene rings is 3. The third-order valence-electron chi connectivity index (χ3n) is 4.64. The number of rotatable bonds is 11. The van der Waals surface area contributed by atoms with Crippen molar-refractivity contribution in [1.82, 2.24) is 5.43 Å². The summed E-state index contributed by atoms with van der Waals surface area (Å²) in [4.78, 5) is 0. The van der Waals surface area contributed by atoms with Gasteiger partial charge in [-0.2, -0.15) is 5.10 Å². The molecule has 0 aliphatic carbocycles. The number of methoxy groups -OCH3 is 2. The van der Waals surface area contributed by atoms with Gasteiger partial charge in [-0.3, -0.25) is 0 Å². The molecule has 0 aliphatic heterocycles. The second kappa shape index (κ2) is 12.4. The van der Waals surface area contributed by atoms with E-state index in [0.29, 0.717) is 47.8 Å². The first-order valence-electron chi connectivity index (χ1n) is 10.3. The number of nitrogens with one attached hydrogen (secondary N) is 1. The molecule has 0 radical (unpaired) electrons. The van der Waals surface area contributed by atoms with Gasteiger partial charge in [-0.15, -0.1) is 0 Å². The molecule has 0 saturated heterocycles. The molecule has 0 fully saturated rings. The lowest BCUT2D eigenvalue weighted by molar-refractivity contribution is 0.267. The Hall–Kier alpha value is -2.90. The lowest BCUT2D eigenvalue weighted by Gasteiger charge is -2.15. The van der Waals surface area contributed by atoms with Crippen molar-refractivity contribution in [3.05, 3.63) is 80.8 Å². The molecule has 174 valence electrons. The number of nitrogens with zero attached hydrogens (tertiary/aromatic N) is 1. The third-order valence-corrected chi connectivity index (χ3v) is 5.46. The summed E-state index contributed by atoms with van der Waals surface area (Å²) in [6, 6.07) is 17.1. The van der Waals surface area contributed by atoms with Gasteiger partial charge in [-0.05, 0) is 75.9 Å². The molecule has 3 aromatic rings. The largest absolute Gasteiger partial charge is 0.493 e. The fourth-order valence-corrected chi connectivity index (χ4v) is 3.88. The van der Waals surface area contributed by atoms with Crippen molar-refractivity contribution in [1.29, 1.82) is 0 Å². The number of hydrogen-bond acceptors (Lipinski definition) is 6. The van der Waals surface area contributed by atoms with Crippen LogP contribution in [0.1, 0.15) is 23.6 Å². The van der Waals surface area contributed by atoms with Crippen LogP contribution in [0.3, 0.4) is 0 Å². The zero-order chi connectivity index (χ0) is 23.6. The molecule has 0 heterocycles. The summed E-state index contributed by atoms with van der Waals surface area (Å²) in [5, 5.41) is 5.00. The van der Waals surface area contributed by atoms with Crippen molar-refractivity contribution in [2.24, 2.45) is 5.10 Å². The van der Waals surface area contributed by atoms with Crippen LogP contribution in [0.5, 0.6) is 23.0 Å². The lowest BCUT2D eigenvalue weighted by Crippen LogP contribution is -2.06. The monoisotopic (exact) mass is 532 g/mol. The second-order valence-corrected chi connectivity index (χ2v) is 8.25. The van der Waals surface area contributed by atoms with Crippen molar-refractivity contribution in [3.8, 4) is 23.0 Å². The van der Waals surface area contributed by atoms with E-state index in [9.17, 15) is 0 Å². The van der Waals surface area contributed by atoms with Gasteiger partial charge in [0, 0.05) is 5.02 Å². The molecule has 0 unspecified atom stereocenters. The van der Waals surface area contributed by atoms with Gasteiger partial charge in [-0.1, -0.05) is 29.8 Å². The van der Waals surface area contributed by atoms with Gasteiger partial charge < -0.3 is 24.4 Å². The van der Waals surface area contributed by atoms with E-state index < -0.39 is 0 Å². The number of hydrogen-bond donors (Lipinski definition) is 1. The predicted octanol–water partition coefficient (Wildman–Crippen LogP) is 6.22. The summed E-state index contributed by atoms with van der Waals surface area (Å²) in [5.41, 5.74) is 5.90. The smallest absolute Gasteiger partial charge is 0.175 e. The van der Waals surface area contributed by atoms with E-state index in [2.05, 4.69) is 26.5 Å². The molecule has 3 aromatic carbocycles. The first kappa shape index (κ1) is 24.7. The standard InChI is InChI=1S/C25H26BrClN2O4/c1-4-32-24-13-19(11-21(26)25(24)33-16-18-6-5-7-20(27)10-18)15-29-28-14-17-8-9-22(30-2)23(12-17)31-3/h5-13,15,28H,4,14,16H2,1-3H3/b29-15-. The Morgan fingerprint density at radius 3 is 2.48 bits per heavy atom. The number of ether oxygens (including phenoxy) is 4. The zero-order valence-corrected chi connectivity index (χ0v) is 21.1. The minimum atomic E-state index is 0.375. The van der Waals surface area contributed by atoms with Crippen LogP contribution in [-0.2, 0) is 13.2 Å². The van der Waals surface area contributed by atoms with Crippen LogP contribution >= 0.6 is 27.5 Å². The van der Waals surface area contributed by atoms with E-state index in [-0.39, 0.29) is 0 Å². The van der Waals surface area contributed by atoms with Crippen molar-refractivity contribution >= 4 is 33.7 Å². The number of hydrazone groups is 1. The van der Waals surface area contributed by atoms with E-state index in [1.54, 1.807) is 20.4 Å². The molecule has 6 nitrogen and oxygen atoms in total. The molecule has 0 saturated carbocycles. The van der Waals surface area contributed by atoms with Crippen LogP contribution in [0.15, 0.2) is 64.2 Å². The molecule has 0 atom stereocenters. The van der Waals surface area contributed by atoms with E-state index in [4.69, 9.17) is 30.5 Å². The Labute approximate surface area is 207 Å². The molecule has 0 aliphatic rings. The minimum absolute atomic E-state index is 0.375. The van der Waals surface area contributed by atoms with Crippen LogP contribution in [0.2, 0.25) is 5.02 Å². The molecule has 1 N–H and O–H groups in total. The molecule has 8 heteroatoms. The zero-order valence-electron chi connectivity index (χ0n) is 18.7. The first-order valence-corrected chi connectivity index (χ1v) is 11.5. The maximum atomic E-state index is 6.07. The normalized spacial score (nSPS) is 10.8. The average Bonchev–Trinajstić information content (AvgIpc) is 2.81. The number of halogens is 2. The lowest BCUT2D eigenvalue weighted by atomic mass is 10.2. The Morgan fingerprint density at radius 2 is 1.76 bits per heavy atom. The van der Waals surface area contributed by atoms with E-state index in [0.717, 1.165) is 21.2 Å². The summed E-state index contributed by atoms with van der Waals surface area (Å²) in [5.74, 6) is 2.64. The maximum absolute atomic E-state index is 6.07. The summed E-state index contributed by atoms with van der Waals surface area (Å²) < 4.78 is 23.2. The fourth-order valence-electron chi connectivity index (χ4n) is 3.10. The first-order chi connectivity index (χ1) is 16.0. The Morgan fingerprint density at radius 1 is 0.939 bits per heavy atom. The third kappa shape index (κ3) is 7.04. The minimum Gasteiger partial charge on any atom is -0.493 e. The van der Waals surface area contributed by atoms with E-state index in [1.807, 2.05) is 61.5 Å². The van der Waals surface area contributed by atoms with Crippen LogP contribution in [-0.4, -0.2) is 27.0 Å². The predicted molar refractivity (Wildman–Crippen MR) is 135 cm³/mol. The molecule has 0 spiro atoms. The summed E-state index contributed by atoms with van der Waals surface area (Å²) >= 11 is 9.66. The highest BCUT2D eigenvalue weighted by Crippen LogP contribution is 2.37. The van der Waals surface area contributed by atoms with Gasteiger partial charge in [-0.25, -0.2) is 0 Å². The van der Waals surface area contributed by atoms with Gasteiger partial charge in [0.1, 0.15) is 6.61 Å². The molecule has 33 heavy (non-hydrogen) atoms. The van der Waals surface area contributed by atoms with Crippen molar-refractivity contribution < 1.29 is 18.9 Å². The van der Waals surface area contributed by atoms with Gasteiger partial charge >= 0.3 is 0 Å². The molecule has 0 aromatic heterocycles. The van der Waals surface area contributed by atoms with Crippen molar-refractivity contribution in [2.75, 3.05) is 20.8 Å². The van der Waals surface area contributed by atoms with Gasteiger partial charge in [0.2, 0.25) is 0 Å². The summed E-state index contributed by atoms with van der Waals surface area (Å²) in [6.45, 7) is 3.36. The summed E-state index contributed by atoms with van der Waals surface area (Å²) in [6.07, 6.45) is 1.73. The Bertz CT molecular complexity index is 1110. The fraction of sp³-hybridized carbons (Fsp3) is 0.240. The maximum Gasteiger partial charge on any atom is 0.175 e. The molecule has 0 amide bonds. The highest BCUT2D eigenvalue weighted by atomic mass is 79.9. The molecule has 3 rings (SSSR count). The van der Waals surface area contributed by atoms with Crippen LogP contribution < -0.4 is 24.4 Å². The quantitative estimate of drug-likeness (QED) is 0.234. The van der Waals surface area contributed by atoms with Gasteiger partial charge in [0.05, 0.1) is 38.1 Å². The van der Waals surface area contributed by atoms with Crippen molar-refractivity contribution in [3.63, 3.8) is 0 Å². The Balaban J connectivity index is 1.67. The van der Waals surface area contributed by atoms with Crippen LogP contribution in [0.25, 0.3) is 0 Å². The van der Waals surface area contributed by atoms with Gasteiger partial charge in [0.15, 0.2) is 23.0 Å². The molecular weight excluding hydrogens is 508 g/mol. The highest BCUT2D eigenvalue weighted by molar-refractivity contribution is 9.10. The molecule has 0 bridgehead atoms. The van der Waals surface area contributed by atoms with Crippen LogP contribution in [0, 0.1) is 0 Å². The van der Waals surface area contributed by atoms with E-state index in [1.165, 1.54) is 0 Å². The van der Waals surface area contributed by atoms with E-state index >= 15 is 0 Å². The van der Waals surface area contributed by atoms with Gasteiger partial charge in [0.25, 0.3) is 0 Å². The second-order valence-electron chi connectivity index (χ2n) is 6.96. The summed E-state index contributed by atoms with van der Waals surface area (Å²) in [7, 11) is 3.23. The molecular formula is C25H26BrClN2O4. The highest BCUT2D eigenvalue weighted by Gasteiger charge is 2.12. The van der Waals surface area contributed by atoms with Crippen molar-refractivity contribution in [2.45, 2.75) is 20.1 Å².